The predicted octanol–water partition coefficient (Wildman–Crippen LogP) is 2.17. The zero-order valence-electron chi connectivity index (χ0n) is 13.3. The van der Waals surface area contributed by atoms with Gasteiger partial charge in [-0.2, -0.15) is 0 Å². The maximum absolute atomic E-state index is 11.7. The van der Waals surface area contributed by atoms with Crippen LogP contribution in [-0.2, 0) is 6.42 Å². The number of aliphatic hydroxyl groups excluding tert-OH is 1. The van der Waals surface area contributed by atoms with Gasteiger partial charge >= 0.3 is 6.03 Å². The number of rotatable bonds is 7. The summed E-state index contributed by atoms with van der Waals surface area (Å²) in [6, 6.07) is 9.00. The van der Waals surface area contributed by atoms with E-state index >= 15 is 0 Å². The van der Waals surface area contributed by atoms with Crippen molar-refractivity contribution in [3.8, 4) is 5.75 Å². The molecule has 1 atom stereocenters. The second-order valence-corrected chi connectivity index (χ2v) is 5.22. The van der Waals surface area contributed by atoms with Crippen molar-refractivity contribution in [1.82, 2.24) is 10.6 Å². The second kappa shape index (κ2) is 8.24. The van der Waals surface area contributed by atoms with Gasteiger partial charge < -0.3 is 24.9 Å². The SMILES string of the molecule is COc1cc(CCNC(=O)NCC(O)c2ccco2)ccc1C. The summed E-state index contributed by atoms with van der Waals surface area (Å²) in [5, 5.41) is 15.2. The molecule has 2 aromatic rings. The van der Waals surface area contributed by atoms with E-state index < -0.39 is 6.10 Å². The molecule has 6 nitrogen and oxygen atoms in total. The van der Waals surface area contributed by atoms with Gasteiger partial charge in [-0.1, -0.05) is 12.1 Å². The van der Waals surface area contributed by atoms with E-state index in [2.05, 4.69) is 10.6 Å². The fourth-order valence-corrected chi connectivity index (χ4v) is 2.17. The van der Waals surface area contributed by atoms with Gasteiger partial charge in [-0.15, -0.1) is 0 Å². The van der Waals surface area contributed by atoms with E-state index in [4.69, 9.17) is 9.15 Å². The lowest BCUT2D eigenvalue weighted by molar-refractivity contribution is 0.148. The Balaban J connectivity index is 1.70. The minimum Gasteiger partial charge on any atom is -0.496 e. The maximum atomic E-state index is 11.7. The van der Waals surface area contributed by atoms with Crippen LogP contribution in [0.3, 0.4) is 0 Å². The van der Waals surface area contributed by atoms with Crippen LogP contribution in [0.2, 0.25) is 0 Å². The van der Waals surface area contributed by atoms with Gasteiger partial charge in [-0.05, 0) is 42.7 Å². The summed E-state index contributed by atoms with van der Waals surface area (Å²) in [7, 11) is 1.64. The molecule has 1 aromatic carbocycles. The average molecular weight is 318 g/mol. The summed E-state index contributed by atoms with van der Waals surface area (Å²) in [6.07, 6.45) is 1.33. The van der Waals surface area contributed by atoms with E-state index in [1.54, 1.807) is 19.2 Å². The fraction of sp³-hybridized carbons (Fsp3) is 0.353. The number of benzene rings is 1. The van der Waals surface area contributed by atoms with Gasteiger partial charge in [0.15, 0.2) is 0 Å². The Morgan fingerprint density at radius 1 is 1.35 bits per heavy atom. The molecule has 1 unspecified atom stereocenters. The third kappa shape index (κ3) is 5.03. The fourth-order valence-electron chi connectivity index (χ4n) is 2.17. The number of hydrogen-bond donors (Lipinski definition) is 3. The molecule has 0 radical (unpaired) electrons. The standard InChI is InChI=1S/C17H22N2O4/c1-12-5-6-13(10-16(12)22-2)7-8-18-17(21)19-11-14(20)15-4-3-9-23-15/h3-6,9-10,14,20H,7-8,11H2,1-2H3,(H2,18,19,21). The molecular weight excluding hydrogens is 296 g/mol. The van der Waals surface area contributed by atoms with Crippen LogP contribution in [0.1, 0.15) is 23.0 Å². The number of amides is 2. The number of furan rings is 1. The molecule has 1 aromatic heterocycles. The van der Waals surface area contributed by atoms with Crippen molar-refractivity contribution in [2.45, 2.75) is 19.4 Å². The second-order valence-electron chi connectivity index (χ2n) is 5.22. The summed E-state index contributed by atoms with van der Waals surface area (Å²) in [6.45, 7) is 2.57. The van der Waals surface area contributed by atoms with Gasteiger partial charge in [0.2, 0.25) is 0 Å². The normalized spacial score (nSPS) is 11.8. The van der Waals surface area contributed by atoms with Gasteiger partial charge in [0.25, 0.3) is 0 Å². The monoisotopic (exact) mass is 318 g/mol. The highest BCUT2D eigenvalue weighted by atomic mass is 16.5. The third-order valence-corrected chi connectivity index (χ3v) is 3.50. The van der Waals surface area contributed by atoms with E-state index in [1.165, 1.54) is 6.26 Å². The Labute approximate surface area is 135 Å². The number of aliphatic hydroxyl groups is 1. The van der Waals surface area contributed by atoms with Gasteiger partial charge in [-0.3, -0.25) is 0 Å². The molecule has 2 rings (SSSR count). The van der Waals surface area contributed by atoms with E-state index in [1.807, 2.05) is 25.1 Å². The summed E-state index contributed by atoms with van der Waals surface area (Å²) in [4.78, 5) is 11.7. The lowest BCUT2D eigenvalue weighted by Crippen LogP contribution is -2.38. The number of methoxy groups -OCH3 is 1. The zero-order valence-corrected chi connectivity index (χ0v) is 13.3. The topological polar surface area (TPSA) is 83.7 Å². The summed E-state index contributed by atoms with van der Waals surface area (Å²) < 4.78 is 10.3. The predicted molar refractivity (Wildman–Crippen MR) is 86.5 cm³/mol. The molecule has 0 saturated carbocycles. The van der Waals surface area contributed by atoms with Crippen LogP contribution in [-0.4, -0.2) is 31.3 Å². The number of carbonyl (C=O) groups is 1. The molecule has 1 heterocycles. The number of urea groups is 1. The van der Waals surface area contributed by atoms with Gasteiger partial charge in [-0.25, -0.2) is 4.79 Å². The quantitative estimate of drug-likeness (QED) is 0.730. The number of aryl methyl sites for hydroxylation is 1. The van der Waals surface area contributed by atoms with E-state index in [-0.39, 0.29) is 12.6 Å². The summed E-state index contributed by atoms with van der Waals surface area (Å²) in [5.41, 5.74) is 2.16. The van der Waals surface area contributed by atoms with Crippen LogP contribution in [0.15, 0.2) is 41.0 Å². The van der Waals surface area contributed by atoms with Crippen molar-refractivity contribution in [2.75, 3.05) is 20.2 Å². The zero-order chi connectivity index (χ0) is 16.7. The summed E-state index contributed by atoms with van der Waals surface area (Å²) >= 11 is 0. The van der Waals surface area contributed by atoms with Crippen LogP contribution in [0, 0.1) is 6.92 Å². The molecule has 0 saturated heterocycles. The highest BCUT2D eigenvalue weighted by molar-refractivity contribution is 5.73. The lowest BCUT2D eigenvalue weighted by atomic mass is 10.1. The molecule has 0 aliphatic rings. The third-order valence-electron chi connectivity index (χ3n) is 3.50. The van der Waals surface area contributed by atoms with E-state index in [9.17, 15) is 9.90 Å². The Morgan fingerprint density at radius 2 is 2.17 bits per heavy atom. The van der Waals surface area contributed by atoms with Crippen LogP contribution < -0.4 is 15.4 Å². The molecule has 0 bridgehead atoms. The van der Waals surface area contributed by atoms with Gasteiger partial charge in [0.05, 0.1) is 19.9 Å². The number of hydrogen-bond acceptors (Lipinski definition) is 4. The minimum atomic E-state index is -0.850. The minimum absolute atomic E-state index is 0.0949. The molecular formula is C17H22N2O4. The molecule has 3 N–H and O–H groups in total. The number of ether oxygens (including phenoxy) is 1. The van der Waals surface area contributed by atoms with Crippen molar-refractivity contribution >= 4 is 6.03 Å². The highest BCUT2D eigenvalue weighted by Crippen LogP contribution is 2.19. The molecule has 2 amide bonds. The molecule has 0 aliphatic heterocycles. The Morgan fingerprint density at radius 3 is 2.87 bits per heavy atom. The maximum Gasteiger partial charge on any atom is 0.314 e. The Kier molecular flexibility index (Phi) is 6.05. The molecule has 124 valence electrons. The first kappa shape index (κ1) is 16.9. The number of carbonyl (C=O) groups excluding carboxylic acids is 1. The Bertz CT molecular complexity index is 626. The van der Waals surface area contributed by atoms with Crippen molar-refractivity contribution in [3.05, 3.63) is 53.5 Å². The molecule has 0 aliphatic carbocycles. The summed E-state index contributed by atoms with van der Waals surface area (Å²) in [5.74, 6) is 1.27. The lowest BCUT2D eigenvalue weighted by Gasteiger charge is -2.11. The first-order chi connectivity index (χ1) is 11.1. The molecule has 0 fully saturated rings. The van der Waals surface area contributed by atoms with Crippen molar-refractivity contribution in [1.29, 1.82) is 0 Å². The first-order valence-electron chi connectivity index (χ1n) is 7.47. The Hall–Kier alpha value is -2.47. The molecule has 6 heteroatoms. The van der Waals surface area contributed by atoms with Crippen LogP contribution in [0.25, 0.3) is 0 Å². The van der Waals surface area contributed by atoms with E-state index in [0.717, 1.165) is 16.9 Å². The largest absolute Gasteiger partial charge is 0.496 e. The van der Waals surface area contributed by atoms with Crippen molar-refractivity contribution in [3.63, 3.8) is 0 Å². The highest BCUT2D eigenvalue weighted by Gasteiger charge is 2.11. The van der Waals surface area contributed by atoms with Crippen molar-refractivity contribution < 1.29 is 19.1 Å². The van der Waals surface area contributed by atoms with E-state index in [0.29, 0.717) is 18.7 Å². The first-order valence-corrected chi connectivity index (χ1v) is 7.47. The molecule has 0 spiro atoms. The van der Waals surface area contributed by atoms with Gasteiger partial charge in [0, 0.05) is 6.54 Å². The average Bonchev–Trinajstić information content (AvgIpc) is 3.08. The van der Waals surface area contributed by atoms with Crippen LogP contribution in [0.5, 0.6) is 5.75 Å². The smallest absolute Gasteiger partial charge is 0.314 e. The van der Waals surface area contributed by atoms with Gasteiger partial charge in [0.1, 0.15) is 17.6 Å². The van der Waals surface area contributed by atoms with Crippen molar-refractivity contribution in [2.24, 2.45) is 0 Å². The molecule has 23 heavy (non-hydrogen) atoms. The number of nitrogens with one attached hydrogen (secondary N) is 2. The van der Waals surface area contributed by atoms with Crippen LogP contribution in [0.4, 0.5) is 4.79 Å². The van der Waals surface area contributed by atoms with Crippen LogP contribution >= 0.6 is 0 Å².